The Balaban J connectivity index is 1.74. The highest BCUT2D eigenvalue weighted by Gasteiger charge is 2.18. The summed E-state index contributed by atoms with van der Waals surface area (Å²) in [5, 5.41) is 2.70. The van der Waals surface area contributed by atoms with Crippen molar-refractivity contribution in [2.45, 2.75) is 11.8 Å². The van der Waals surface area contributed by atoms with Gasteiger partial charge in [-0.25, -0.2) is 13.4 Å². The van der Waals surface area contributed by atoms with E-state index in [-0.39, 0.29) is 22.9 Å². The number of hydrogen-bond acceptors (Lipinski definition) is 7. The van der Waals surface area contributed by atoms with Crippen LogP contribution in [0.4, 0.5) is 11.4 Å². The third-order valence-corrected chi connectivity index (χ3v) is 5.75. The number of ether oxygens (including phenoxy) is 3. The van der Waals surface area contributed by atoms with Gasteiger partial charge in [-0.15, -0.1) is 0 Å². The van der Waals surface area contributed by atoms with Crippen LogP contribution in [-0.2, 0) is 14.8 Å². The van der Waals surface area contributed by atoms with Gasteiger partial charge in [-0.1, -0.05) is 6.07 Å². The fourth-order valence-corrected chi connectivity index (χ4v) is 3.93. The zero-order chi connectivity index (χ0) is 23.7. The highest BCUT2D eigenvalue weighted by Crippen LogP contribution is 2.23. The number of carbonyl (C=O) groups excluding carboxylic acids is 1. The lowest BCUT2D eigenvalue weighted by molar-refractivity contribution is 0.102. The third-order valence-electron chi connectivity index (χ3n) is 4.37. The van der Waals surface area contributed by atoms with E-state index in [1.807, 2.05) is 6.92 Å². The number of sulfonamides is 1. The molecule has 0 saturated heterocycles. The van der Waals surface area contributed by atoms with Crippen LogP contribution in [0.1, 0.15) is 17.3 Å². The van der Waals surface area contributed by atoms with E-state index in [1.165, 1.54) is 30.5 Å². The van der Waals surface area contributed by atoms with Gasteiger partial charge in [-0.2, -0.15) is 0 Å². The number of nitrogens with one attached hydrogen (secondary N) is 2. The number of rotatable bonds is 11. The molecule has 0 radical (unpaired) electrons. The lowest BCUT2D eigenvalue weighted by Gasteiger charge is -2.12. The Morgan fingerprint density at radius 2 is 1.79 bits per heavy atom. The number of pyridine rings is 1. The van der Waals surface area contributed by atoms with Gasteiger partial charge in [0.1, 0.15) is 18.0 Å². The highest BCUT2D eigenvalue weighted by atomic mass is 32.2. The second-order valence-corrected chi connectivity index (χ2v) is 8.42. The molecule has 3 aromatic rings. The normalized spacial score (nSPS) is 11.0. The first-order valence-electron chi connectivity index (χ1n) is 10.2. The number of carbonyl (C=O) groups is 1. The van der Waals surface area contributed by atoms with Crippen molar-refractivity contribution >= 4 is 27.3 Å². The molecule has 0 unspecified atom stereocenters. The molecule has 0 fully saturated rings. The van der Waals surface area contributed by atoms with Crippen LogP contribution in [0.3, 0.4) is 0 Å². The Morgan fingerprint density at radius 1 is 1.00 bits per heavy atom. The van der Waals surface area contributed by atoms with Crippen LogP contribution >= 0.6 is 0 Å². The first-order chi connectivity index (χ1) is 15.9. The number of anilines is 2. The number of methoxy groups -OCH3 is 1. The van der Waals surface area contributed by atoms with Gasteiger partial charge in [0.05, 0.1) is 18.1 Å². The molecule has 33 heavy (non-hydrogen) atoms. The second-order valence-electron chi connectivity index (χ2n) is 6.74. The van der Waals surface area contributed by atoms with Crippen molar-refractivity contribution in [3.8, 4) is 11.6 Å². The van der Waals surface area contributed by atoms with E-state index >= 15 is 0 Å². The molecule has 2 aromatic carbocycles. The van der Waals surface area contributed by atoms with Crippen molar-refractivity contribution in [2.75, 3.05) is 37.0 Å². The third kappa shape index (κ3) is 6.67. The summed E-state index contributed by atoms with van der Waals surface area (Å²) in [4.78, 5) is 16.8. The summed E-state index contributed by atoms with van der Waals surface area (Å²) in [5.74, 6) is 0.377. The van der Waals surface area contributed by atoms with E-state index in [4.69, 9.17) is 14.2 Å². The first kappa shape index (κ1) is 24.0. The standard InChI is InChI=1S/C23H25N3O6S/c1-3-31-19-11-9-18(10-12-19)26-33(28,29)20-7-4-6-17(16-20)22(27)25-21-8-5-13-24-23(21)32-15-14-30-2/h4-13,16,26H,3,14-15H2,1-2H3,(H,25,27). The Morgan fingerprint density at radius 3 is 2.52 bits per heavy atom. The van der Waals surface area contributed by atoms with E-state index < -0.39 is 15.9 Å². The Hall–Kier alpha value is -3.63. The van der Waals surface area contributed by atoms with Crippen LogP contribution in [-0.4, -0.2) is 46.2 Å². The van der Waals surface area contributed by atoms with Crippen molar-refractivity contribution in [1.82, 2.24) is 4.98 Å². The van der Waals surface area contributed by atoms with E-state index in [1.54, 1.807) is 43.5 Å². The maximum Gasteiger partial charge on any atom is 0.261 e. The van der Waals surface area contributed by atoms with E-state index in [0.717, 1.165) is 0 Å². The van der Waals surface area contributed by atoms with Crippen molar-refractivity contribution in [2.24, 2.45) is 0 Å². The van der Waals surface area contributed by atoms with Crippen LogP contribution in [0.2, 0.25) is 0 Å². The largest absolute Gasteiger partial charge is 0.494 e. The minimum absolute atomic E-state index is 0.0493. The summed E-state index contributed by atoms with van der Waals surface area (Å²) in [6.07, 6.45) is 1.54. The summed E-state index contributed by atoms with van der Waals surface area (Å²) in [5.41, 5.74) is 0.900. The van der Waals surface area contributed by atoms with Crippen molar-refractivity contribution in [1.29, 1.82) is 0 Å². The topological polar surface area (TPSA) is 116 Å². The SMILES string of the molecule is CCOc1ccc(NS(=O)(=O)c2cccc(C(=O)Nc3cccnc3OCCOC)c2)cc1. The molecule has 1 heterocycles. The number of benzene rings is 2. The van der Waals surface area contributed by atoms with Crippen LogP contribution in [0.5, 0.6) is 11.6 Å². The molecule has 0 aliphatic carbocycles. The number of aromatic nitrogens is 1. The Kier molecular flexibility index (Phi) is 8.22. The Bertz CT molecular complexity index is 1180. The second kappa shape index (κ2) is 11.3. The van der Waals surface area contributed by atoms with Crippen LogP contribution in [0.15, 0.2) is 71.8 Å². The maximum atomic E-state index is 12.8. The smallest absolute Gasteiger partial charge is 0.261 e. The molecule has 2 N–H and O–H groups in total. The zero-order valence-corrected chi connectivity index (χ0v) is 19.1. The molecule has 10 heteroatoms. The monoisotopic (exact) mass is 471 g/mol. The van der Waals surface area contributed by atoms with Gasteiger partial charge in [0, 0.05) is 24.6 Å². The highest BCUT2D eigenvalue weighted by molar-refractivity contribution is 7.92. The number of nitrogens with zero attached hydrogens (tertiary/aromatic N) is 1. The fraction of sp³-hybridized carbons (Fsp3) is 0.217. The first-order valence-corrected chi connectivity index (χ1v) is 11.6. The molecule has 0 bridgehead atoms. The summed E-state index contributed by atoms with van der Waals surface area (Å²) >= 11 is 0. The molecular formula is C23H25N3O6S. The maximum absolute atomic E-state index is 12.8. The van der Waals surface area contributed by atoms with Gasteiger partial charge in [-0.05, 0) is 61.5 Å². The van der Waals surface area contributed by atoms with Crippen molar-refractivity contribution in [3.05, 3.63) is 72.4 Å². The minimum Gasteiger partial charge on any atom is -0.494 e. The molecule has 0 atom stereocenters. The van der Waals surface area contributed by atoms with Crippen LogP contribution in [0.25, 0.3) is 0 Å². The fourth-order valence-electron chi connectivity index (χ4n) is 2.82. The molecular weight excluding hydrogens is 446 g/mol. The number of hydrogen-bond donors (Lipinski definition) is 2. The van der Waals surface area contributed by atoms with Gasteiger partial charge >= 0.3 is 0 Å². The zero-order valence-electron chi connectivity index (χ0n) is 18.3. The molecule has 9 nitrogen and oxygen atoms in total. The molecule has 1 aromatic heterocycles. The summed E-state index contributed by atoms with van der Waals surface area (Å²) in [6.45, 7) is 3.01. The summed E-state index contributed by atoms with van der Waals surface area (Å²) in [6, 6.07) is 15.6. The molecule has 0 spiro atoms. The van der Waals surface area contributed by atoms with Gasteiger partial charge in [0.15, 0.2) is 0 Å². The average molecular weight is 472 g/mol. The van der Waals surface area contributed by atoms with E-state index in [2.05, 4.69) is 15.0 Å². The molecule has 0 aliphatic rings. The number of amides is 1. The predicted octanol–water partition coefficient (Wildman–Crippen LogP) is 3.56. The van der Waals surface area contributed by atoms with Crippen LogP contribution in [0, 0.1) is 0 Å². The van der Waals surface area contributed by atoms with Gasteiger partial charge in [0.2, 0.25) is 5.88 Å². The molecule has 174 valence electrons. The molecule has 0 saturated carbocycles. The van der Waals surface area contributed by atoms with Crippen molar-refractivity contribution < 1.29 is 27.4 Å². The average Bonchev–Trinajstić information content (AvgIpc) is 2.82. The van der Waals surface area contributed by atoms with Gasteiger partial charge in [-0.3, -0.25) is 9.52 Å². The Labute approximate surface area is 192 Å². The summed E-state index contributed by atoms with van der Waals surface area (Å²) < 4.78 is 44.0. The quantitative estimate of drug-likeness (QED) is 0.411. The minimum atomic E-state index is -3.91. The van der Waals surface area contributed by atoms with Gasteiger partial charge in [0.25, 0.3) is 15.9 Å². The molecule has 3 rings (SSSR count). The molecule has 0 aliphatic heterocycles. The lowest BCUT2D eigenvalue weighted by atomic mass is 10.2. The lowest BCUT2D eigenvalue weighted by Crippen LogP contribution is -2.17. The molecule has 1 amide bonds. The van der Waals surface area contributed by atoms with Gasteiger partial charge < -0.3 is 19.5 Å². The summed E-state index contributed by atoms with van der Waals surface area (Å²) in [7, 11) is -2.36. The van der Waals surface area contributed by atoms with E-state index in [9.17, 15) is 13.2 Å². The van der Waals surface area contributed by atoms with Crippen LogP contribution < -0.4 is 19.5 Å². The van der Waals surface area contributed by atoms with E-state index in [0.29, 0.717) is 30.3 Å². The van der Waals surface area contributed by atoms with Crippen molar-refractivity contribution in [3.63, 3.8) is 0 Å². The predicted molar refractivity (Wildman–Crippen MR) is 124 cm³/mol.